The van der Waals surface area contributed by atoms with Gasteiger partial charge in [-0.15, -0.1) is 0 Å². The molecule has 0 saturated carbocycles. The molecule has 0 aromatic heterocycles. The van der Waals surface area contributed by atoms with Crippen LogP contribution < -0.4 is 0 Å². The monoisotopic (exact) mass is 287 g/mol. The van der Waals surface area contributed by atoms with Crippen molar-refractivity contribution in [3.05, 3.63) is 35.9 Å². The third-order valence-electron chi connectivity index (χ3n) is 5.46. The molecule has 21 heavy (non-hydrogen) atoms. The molecule has 0 amide bonds. The summed E-state index contributed by atoms with van der Waals surface area (Å²) in [4.78, 5) is 15.1. The number of ketones is 1. The lowest BCUT2D eigenvalue weighted by Crippen LogP contribution is -2.40. The van der Waals surface area contributed by atoms with E-state index in [4.69, 9.17) is 0 Å². The second kappa shape index (κ2) is 6.29. The lowest BCUT2D eigenvalue weighted by Gasteiger charge is -2.36. The Labute approximate surface area is 127 Å². The van der Waals surface area contributed by atoms with Gasteiger partial charge in [-0.05, 0) is 44.2 Å². The van der Waals surface area contributed by atoms with Crippen LogP contribution in [0.5, 0.6) is 0 Å². The van der Waals surface area contributed by atoms with E-state index in [1.807, 2.05) is 30.3 Å². The van der Waals surface area contributed by atoms with E-state index in [9.17, 15) is 9.90 Å². The highest BCUT2D eigenvalue weighted by Crippen LogP contribution is 2.39. The minimum Gasteiger partial charge on any atom is -0.395 e. The van der Waals surface area contributed by atoms with Crippen LogP contribution in [0.15, 0.2) is 30.3 Å². The van der Waals surface area contributed by atoms with Crippen LogP contribution in [0.25, 0.3) is 0 Å². The SMILES string of the molecule is CN1[C@H]2CC[C@H]1CC(CC(=O)[C@@H](CO)c1ccccc1)C2. The Hall–Kier alpha value is -1.19. The van der Waals surface area contributed by atoms with Gasteiger partial charge in [-0.25, -0.2) is 0 Å². The number of aliphatic hydroxyl groups excluding tert-OH is 1. The van der Waals surface area contributed by atoms with E-state index in [2.05, 4.69) is 11.9 Å². The molecule has 0 radical (unpaired) electrons. The first kappa shape index (κ1) is 14.7. The molecule has 0 unspecified atom stereocenters. The first-order valence-electron chi connectivity index (χ1n) is 8.09. The summed E-state index contributed by atoms with van der Waals surface area (Å²) >= 11 is 0. The maximum atomic E-state index is 12.6. The van der Waals surface area contributed by atoms with Crippen molar-refractivity contribution in [2.45, 2.75) is 50.1 Å². The highest BCUT2D eigenvalue weighted by Gasteiger charge is 2.39. The van der Waals surface area contributed by atoms with Crippen molar-refractivity contribution in [1.29, 1.82) is 0 Å². The lowest BCUT2D eigenvalue weighted by molar-refractivity contribution is -0.122. The molecule has 2 heterocycles. The number of hydrogen-bond acceptors (Lipinski definition) is 3. The molecule has 2 aliphatic heterocycles. The average Bonchev–Trinajstić information content (AvgIpc) is 2.72. The van der Waals surface area contributed by atoms with E-state index in [0.29, 0.717) is 24.4 Å². The number of piperidine rings is 1. The standard InChI is InChI=1S/C18H25NO2/c1-19-15-7-8-16(19)10-13(9-15)11-18(21)17(12-20)14-5-3-2-4-6-14/h2-6,13,15-17,20H,7-12H2,1H3/t15-,16-,17-/m0/s1. The van der Waals surface area contributed by atoms with Gasteiger partial charge in [0.1, 0.15) is 5.78 Å². The zero-order chi connectivity index (χ0) is 14.8. The van der Waals surface area contributed by atoms with Crippen molar-refractivity contribution in [3.8, 4) is 0 Å². The summed E-state index contributed by atoms with van der Waals surface area (Å²) in [6.45, 7) is -0.0810. The number of benzene rings is 1. The van der Waals surface area contributed by atoms with E-state index in [1.165, 1.54) is 12.8 Å². The van der Waals surface area contributed by atoms with Crippen molar-refractivity contribution in [3.63, 3.8) is 0 Å². The molecule has 1 aromatic carbocycles. The molecule has 2 bridgehead atoms. The van der Waals surface area contributed by atoms with Gasteiger partial charge in [0.15, 0.2) is 0 Å². The quantitative estimate of drug-likeness (QED) is 0.905. The van der Waals surface area contributed by atoms with Crippen molar-refractivity contribution < 1.29 is 9.90 Å². The number of fused-ring (bicyclic) bond motifs is 2. The second-order valence-corrected chi connectivity index (χ2v) is 6.70. The summed E-state index contributed by atoms with van der Waals surface area (Å²) in [6, 6.07) is 11.0. The van der Waals surface area contributed by atoms with Crippen LogP contribution in [0.2, 0.25) is 0 Å². The van der Waals surface area contributed by atoms with Crippen LogP contribution >= 0.6 is 0 Å². The van der Waals surface area contributed by atoms with E-state index in [1.54, 1.807) is 0 Å². The Balaban J connectivity index is 1.63. The number of hydrogen-bond donors (Lipinski definition) is 1. The third-order valence-corrected chi connectivity index (χ3v) is 5.46. The van der Waals surface area contributed by atoms with Crippen molar-refractivity contribution in [2.24, 2.45) is 5.92 Å². The van der Waals surface area contributed by atoms with Gasteiger partial charge in [0.05, 0.1) is 12.5 Å². The first-order chi connectivity index (χ1) is 10.2. The Bertz CT molecular complexity index is 473. The van der Waals surface area contributed by atoms with Crippen LogP contribution in [0.3, 0.4) is 0 Å². The van der Waals surface area contributed by atoms with Gasteiger partial charge in [0.2, 0.25) is 0 Å². The van der Waals surface area contributed by atoms with E-state index >= 15 is 0 Å². The molecular weight excluding hydrogens is 262 g/mol. The summed E-state index contributed by atoms with van der Waals surface area (Å²) in [5.74, 6) is 0.366. The molecular formula is C18H25NO2. The van der Waals surface area contributed by atoms with Gasteiger partial charge in [-0.2, -0.15) is 0 Å². The number of carbonyl (C=O) groups is 1. The maximum Gasteiger partial charge on any atom is 0.142 e. The van der Waals surface area contributed by atoms with Crippen molar-refractivity contribution in [2.75, 3.05) is 13.7 Å². The van der Waals surface area contributed by atoms with Crippen LogP contribution in [-0.2, 0) is 4.79 Å². The Kier molecular flexibility index (Phi) is 4.41. The lowest BCUT2D eigenvalue weighted by atomic mass is 9.83. The average molecular weight is 287 g/mol. The van der Waals surface area contributed by atoms with Gasteiger partial charge < -0.3 is 10.0 Å². The zero-order valence-corrected chi connectivity index (χ0v) is 12.7. The largest absolute Gasteiger partial charge is 0.395 e. The molecule has 1 aromatic rings. The van der Waals surface area contributed by atoms with Gasteiger partial charge in [-0.1, -0.05) is 30.3 Å². The van der Waals surface area contributed by atoms with Crippen LogP contribution in [0.4, 0.5) is 0 Å². The molecule has 3 rings (SSSR count). The van der Waals surface area contributed by atoms with Gasteiger partial charge >= 0.3 is 0 Å². The minimum atomic E-state index is -0.344. The summed E-state index contributed by atoms with van der Waals surface area (Å²) < 4.78 is 0. The highest BCUT2D eigenvalue weighted by atomic mass is 16.3. The first-order valence-corrected chi connectivity index (χ1v) is 8.09. The zero-order valence-electron chi connectivity index (χ0n) is 12.7. The summed E-state index contributed by atoms with van der Waals surface area (Å²) in [5.41, 5.74) is 0.945. The van der Waals surface area contributed by atoms with Gasteiger partial charge in [0.25, 0.3) is 0 Å². The number of rotatable bonds is 5. The van der Waals surface area contributed by atoms with Crippen LogP contribution in [-0.4, -0.2) is 41.5 Å². The van der Waals surface area contributed by atoms with E-state index < -0.39 is 0 Å². The molecule has 3 nitrogen and oxygen atoms in total. The van der Waals surface area contributed by atoms with Crippen molar-refractivity contribution >= 4 is 5.78 Å². The molecule has 1 N–H and O–H groups in total. The van der Waals surface area contributed by atoms with E-state index in [0.717, 1.165) is 18.4 Å². The number of carbonyl (C=O) groups excluding carboxylic acids is 1. The fourth-order valence-electron chi connectivity index (χ4n) is 4.20. The minimum absolute atomic E-state index is 0.0810. The fraction of sp³-hybridized carbons (Fsp3) is 0.611. The molecule has 0 aliphatic carbocycles. The topological polar surface area (TPSA) is 40.5 Å². The predicted octanol–water partition coefficient (Wildman–Crippen LogP) is 2.59. The Morgan fingerprint density at radius 2 is 1.86 bits per heavy atom. The predicted molar refractivity (Wildman–Crippen MR) is 83.2 cm³/mol. The summed E-state index contributed by atoms with van der Waals surface area (Å²) in [6.07, 6.45) is 5.49. The van der Waals surface area contributed by atoms with Crippen LogP contribution in [0, 0.1) is 5.92 Å². The number of Topliss-reactive ketones (excluding diaryl/α,β-unsaturated/α-hetero) is 1. The highest BCUT2D eigenvalue weighted by molar-refractivity contribution is 5.86. The van der Waals surface area contributed by atoms with Gasteiger partial charge in [0, 0.05) is 18.5 Å². The third kappa shape index (κ3) is 3.04. The second-order valence-electron chi connectivity index (χ2n) is 6.70. The van der Waals surface area contributed by atoms with Crippen molar-refractivity contribution in [1.82, 2.24) is 4.90 Å². The summed E-state index contributed by atoms with van der Waals surface area (Å²) in [7, 11) is 2.22. The smallest absolute Gasteiger partial charge is 0.142 e. The fourth-order valence-corrected chi connectivity index (χ4v) is 4.20. The molecule has 3 atom stereocenters. The number of aliphatic hydroxyl groups is 1. The number of nitrogens with zero attached hydrogens (tertiary/aromatic N) is 1. The van der Waals surface area contributed by atoms with E-state index in [-0.39, 0.29) is 18.3 Å². The molecule has 2 saturated heterocycles. The Morgan fingerprint density at radius 1 is 1.24 bits per heavy atom. The van der Waals surface area contributed by atoms with Crippen LogP contribution in [0.1, 0.15) is 43.6 Å². The summed E-state index contributed by atoms with van der Waals surface area (Å²) in [5, 5.41) is 9.61. The molecule has 114 valence electrons. The Morgan fingerprint density at radius 3 is 2.43 bits per heavy atom. The maximum absolute atomic E-state index is 12.6. The molecule has 2 aliphatic rings. The molecule has 3 heteroatoms. The normalized spacial score (nSPS) is 30.3. The molecule has 2 fully saturated rings. The molecule has 0 spiro atoms. The van der Waals surface area contributed by atoms with Gasteiger partial charge in [-0.3, -0.25) is 4.79 Å².